The molecule has 4 N–H and O–H groups in total. The van der Waals surface area contributed by atoms with Crippen molar-refractivity contribution in [2.24, 2.45) is 5.92 Å². The number of nitrogens with two attached hydrogens (primary N) is 1. The second kappa shape index (κ2) is 5.91. The van der Waals surface area contributed by atoms with Gasteiger partial charge in [-0.05, 0) is 6.42 Å². The first-order chi connectivity index (χ1) is 9.17. The molecule has 1 saturated heterocycles. The van der Waals surface area contributed by atoms with Gasteiger partial charge < -0.3 is 21.1 Å². The maximum absolute atomic E-state index is 11.8. The first kappa shape index (κ1) is 13.6. The monoisotopic (exact) mass is 280 g/mol. The van der Waals surface area contributed by atoms with Crippen LogP contribution in [-0.2, 0) is 4.74 Å². The lowest BCUT2D eigenvalue weighted by atomic mass is 10.1. The molecule has 1 aromatic rings. The third-order valence-electron chi connectivity index (χ3n) is 3.08. The van der Waals surface area contributed by atoms with Gasteiger partial charge >= 0.3 is 0 Å². The number of amides is 1. The number of rotatable bonds is 4. The van der Waals surface area contributed by atoms with Gasteiger partial charge in [0.25, 0.3) is 5.91 Å². The van der Waals surface area contributed by atoms with Crippen LogP contribution in [-0.4, -0.2) is 32.7 Å². The van der Waals surface area contributed by atoms with Gasteiger partial charge in [-0.2, -0.15) is 5.26 Å². The molecule has 1 aliphatic rings. The van der Waals surface area contributed by atoms with Crippen molar-refractivity contribution in [2.75, 3.05) is 37.9 Å². The van der Waals surface area contributed by atoms with Crippen LogP contribution in [0.1, 0.15) is 21.7 Å². The third-order valence-corrected chi connectivity index (χ3v) is 4.14. The van der Waals surface area contributed by atoms with E-state index in [1.807, 2.05) is 6.07 Å². The largest absolute Gasteiger partial charge is 0.396 e. The zero-order valence-electron chi connectivity index (χ0n) is 10.7. The highest BCUT2D eigenvalue weighted by Crippen LogP contribution is 2.35. The van der Waals surface area contributed by atoms with Crippen LogP contribution in [0.3, 0.4) is 0 Å². The molecular weight excluding hydrogens is 264 g/mol. The molecule has 1 fully saturated rings. The average molecular weight is 280 g/mol. The highest BCUT2D eigenvalue weighted by molar-refractivity contribution is 7.17. The number of carbonyl (C=O) groups is 1. The van der Waals surface area contributed by atoms with Gasteiger partial charge in [0.05, 0.1) is 17.9 Å². The Morgan fingerprint density at radius 3 is 3.05 bits per heavy atom. The minimum Gasteiger partial charge on any atom is -0.396 e. The molecule has 0 aliphatic carbocycles. The number of thiophene rings is 1. The predicted molar refractivity (Wildman–Crippen MR) is 74.3 cm³/mol. The Bertz CT molecular complexity index is 515. The number of nitriles is 1. The molecule has 0 radical (unpaired) electrons. The summed E-state index contributed by atoms with van der Waals surface area (Å²) in [5, 5.41) is 15.4. The molecule has 19 heavy (non-hydrogen) atoms. The minimum absolute atomic E-state index is 0.247. The normalized spacial score (nSPS) is 18.0. The van der Waals surface area contributed by atoms with Crippen LogP contribution in [0.15, 0.2) is 0 Å². The van der Waals surface area contributed by atoms with E-state index in [9.17, 15) is 4.79 Å². The van der Waals surface area contributed by atoms with E-state index in [2.05, 4.69) is 10.6 Å². The maximum atomic E-state index is 11.8. The Hall–Kier alpha value is -1.78. The fourth-order valence-corrected chi connectivity index (χ4v) is 2.91. The van der Waals surface area contributed by atoms with Crippen molar-refractivity contribution in [3.63, 3.8) is 0 Å². The van der Waals surface area contributed by atoms with E-state index in [0.29, 0.717) is 21.4 Å². The topological polar surface area (TPSA) is 100 Å². The summed E-state index contributed by atoms with van der Waals surface area (Å²) in [6, 6.07) is 2.01. The summed E-state index contributed by atoms with van der Waals surface area (Å²) in [5.74, 6) is 0.159. The number of carbonyl (C=O) groups excluding carboxylic acids is 1. The standard InChI is InChI=1S/C12H16N4O2S/c1-15-11(17)9-10(14)8(4-13)19-12(9)16-5-7-2-3-18-6-7/h7,16H,2-3,5-6,14H2,1H3,(H,15,17). The summed E-state index contributed by atoms with van der Waals surface area (Å²) in [4.78, 5) is 12.2. The fourth-order valence-electron chi connectivity index (χ4n) is 1.98. The van der Waals surface area contributed by atoms with Crippen molar-refractivity contribution >= 4 is 27.9 Å². The van der Waals surface area contributed by atoms with E-state index in [1.165, 1.54) is 11.3 Å². The molecule has 7 heteroatoms. The first-order valence-corrected chi connectivity index (χ1v) is 6.85. The summed E-state index contributed by atoms with van der Waals surface area (Å²) in [7, 11) is 1.54. The summed E-state index contributed by atoms with van der Waals surface area (Å²) in [5.41, 5.74) is 6.45. The van der Waals surface area contributed by atoms with Crippen LogP contribution in [0.4, 0.5) is 10.7 Å². The molecule has 1 amide bonds. The van der Waals surface area contributed by atoms with Crippen LogP contribution in [0.2, 0.25) is 0 Å². The molecule has 1 atom stereocenters. The van der Waals surface area contributed by atoms with Crippen molar-refractivity contribution in [3.8, 4) is 6.07 Å². The molecule has 1 aromatic heterocycles. The molecule has 102 valence electrons. The lowest BCUT2D eigenvalue weighted by Crippen LogP contribution is -2.21. The maximum Gasteiger partial charge on any atom is 0.256 e. The summed E-state index contributed by atoms with van der Waals surface area (Å²) >= 11 is 1.21. The van der Waals surface area contributed by atoms with E-state index in [4.69, 9.17) is 15.7 Å². The molecule has 0 spiro atoms. The van der Waals surface area contributed by atoms with Crippen molar-refractivity contribution in [1.29, 1.82) is 5.26 Å². The minimum atomic E-state index is -0.277. The SMILES string of the molecule is CNC(=O)c1c(NCC2CCOC2)sc(C#N)c1N. The molecule has 2 heterocycles. The number of hydrogen-bond donors (Lipinski definition) is 3. The average Bonchev–Trinajstić information content (AvgIpc) is 3.03. The van der Waals surface area contributed by atoms with E-state index in [0.717, 1.165) is 26.2 Å². The summed E-state index contributed by atoms with van der Waals surface area (Å²) in [6.07, 6.45) is 1.01. The second-order valence-corrected chi connectivity index (χ2v) is 5.37. The number of hydrogen-bond acceptors (Lipinski definition) is 6. The Labute approximate surface area is 115 Å². The molecule has 1 unspecified atom stereocenters. The number of nitrogens with zero attached hydrogens (tertiary/aromatic N) is 1. The highest BCUT2D eigenvalue weighted by atomic mass is 32.1. The zero-order chi connectivity index (χ0) is 13.8. The van der Waals surface area contributed by atoms with Crippen LogP contribution in [0.25, 0.3) is 0 Å². The van der Waals surface area contributed by atoms with Crippen molar-refractivity contribution in [1.82, 2.24) is 5.32 Å². The van der Waals surface area contributed by atoms with Gasteiger partial charge in [0.15, 0.2) is 0 Å². The molecule has 0 aromatic carbocycles. The van der Waals surface area contributed by atoms with Gasteiger partial charge in [-0.1, -0.05) is 0 Å². The predicted octanol–water partition coefficient (Wildman–Crippen LogP) is 1.01. The second-order valence-electron chi connectivity index (χ2n) is 4.35. The quantitative estimate of drug-likeness (QED) is 0.764. The molecular formula is C12H16N4O2S. The zero-order valence-corrected chi connectivity index (χ0v) is 11.5. The lowest BCUT2D eigenvalue weighted by Gasteiger charge is -2.10. The van der Waals surface area contributed by atoms with Crippen LogP contribution < -0.4 is 16.4 Å². The summed E-state index contributed by atoms with van der Waals surface area (Å²) in [6.45, 7) is 2.23. The van der Waals surface area contributed by atoms with Crippen molar-refractivity contribution in [3.05, 3.63) is 10.4 Å². The number of ether oxygens (including phenoxy) is 1. The Kier molecular flexibility index (Phi) is 4.24. The molecule has 1 aliphatic heterocycles. The van der Waals surface area contributed by atoms with Gasteiger partial charge in [-0.15, -0.1) is 11.3 Å². The van der Waals surface area contributed by atoms with Gasteiger partial charge in [0, 0.05) is 26.1 Å². The Morgan fingerprint density at radius 2 is 2.47 bits per heavy atom. The van der Waals surface area contributed by atoms with E-state index in [1.54, 1.807) is 7.05 Å². The van der Waals surface area contributed by atoms with Crippen LogP contribution in [0.5, 0.6) is 0 Å². The summed E-state index contributed by atoms with van der Waals surface area (Å²) < 4.78 is 5.30. The van der Waals surface area contributed by atoms with Crippen LogP contribution in [0, 0.1) is 17.2 Å². The number of nitrogen functional groups attached to an aromatic ring is 1. The molecule has 2 rings (SSSR count). The molecule has 6 nitrogen and oxygen atoms in total. The number of nitrogens with one attached hydrogen (secondary N) is 2. The molecule has 0 bridgehead atoms. The third kappa shape index (κ3) is 2.80. The smallest absolute Gasteiger partial charge is 0.256 e. The lowest BCUT2D eigenvalue weighted by molar-refractivity contribution is 0.0965. The van der Waals surface area contributed by atoms with Crippen molar-refractivity contribution in [2.45, 2.75) is 6.42 Å². The van der Waals surface area contributed by atoms with Gasteiger partial charge in [0.1, 0.15) is 15.9 Å². The Morgan fingerprint density at radius 1 is 1.68 bits per heavy atom. The molecule has 0 saturated carbocycles. The highest BCUT2D eigenvalue weighted by Gasteiger charge is 2.22. The van der Waals surface area contributed by atoms with Gasteiger partial charge in [-0.25, -0.2) is 0 Å². The van der Waals surface area contributed by atoms with Gasteiger partial charge in [0.2, 0.25) is 0 Å². The van der Waals surface area contributed by atoms with Crippen molar-refractivity contribution < 1.29 is 9.53 Å². The Balaban J connectivity index is 2.18. The fraction of sp³-hybridized carbons (Fsp3) is 0.500. The van der Waals surface area contributed by atoms with E-state index >= 15 is 0 Å². The van der Waals surface area contributed by atoms with E-state index in [-0.39, 0.29) is 11.6 Å². The van der Waals surface area contributed by atoms with Crippen LogP contribution >= 0.6 is 11.3 Å². The van der Waals surface area contributed by atoms with E-state index < -0.39 is 0 Å². The number of anilines is 2. The first-order valence-electron chi connectivity index (χ1n) is 6.03. The van der Waals surface area contributed by atoms with Gasteiger partial charge in [-0.3, -0.25) is 4.79 Å².